The molecule has 1 atom stereocenters. The normalized spacial score (nSPS) is 13.5. The van der Waals surface area contributed by atoms with Crippen molar-refractivity contribution in [3.8, 4) is 5.75 Å². The number of hydrogen-bond donors (Lipinski definition) is 1. The molecule has 0 saturated heterocycles. The molecule has 0 unspecified atom stereocenters. The lowest BCUT2D eigenvalue weighted by Gasteiger charge is -2.18. The van der Waals surface area contributed by atoms with Gasteiger partial charge in [-0.05, 0) is 25.1 Å². The van der Waals surface area contributed by atoms with Gasteiger partial charge in [0.1, 0.15) is 11.9 Å². The maximum Gasteiger partial charge on any atom is 0.420 e. The number of hydrogen-bond acceptors (Lipinski definition) is 3. The summed E-state index contributed by atoms with van der Waals surface area (Å²) < 4.78 is 48.1. The van der Waals surface area contributed by atoms with Gasteiger partial charge in [-0.2, -0.15) is 13.2 Å². The summed E-state index contributed by atoms with van der Waals surface area (Å²) in [6.45, 7) is 1.84. The number of anilines is 1. The second-order valence-corrected chi connectivity index (χ2v) is 3.64. The highest BCUT2D eigenvalue weighted by molar-refractivity contribution is 5.49. The van der Waals surface area contributed by atoms with Crippen LogP contribution in [0.1, 0.15) is 12.5 Å². The molecule has 2 N–H and O–H groups in total. The molecule has 0 saturated carbocycles. The van der Waals surface area contributed by atoms with Crippen LogP contribution < -0.4 is 10.5 Å². The lowest BCUT2D eigenvalue weighted by molar-refractivity contribution is -0.139. The Balaban J connectivity index is 2.99. The zero-order chi connectivity index (χ0) is 13.1. The van der Waals surface area contributed by atoms with Gasteiger partial charge in [-0.15, -0.1) is 0 Å². The fourth-order valence-corrected chi connectivity index (χ4v) is 1.36. The second-order valence-electron chi connectivity index (χ2n) is 3.64. The van der Waals surface area contributed by atoms with E-state index in [4.69, 9.17) is 15.2 Å². The topological polar surface area (TPSA) is 44.5 Å². The minimum absolute atomic E-state index is 0.0454. The molecule has 0 aliphatic carbocycles. The summed E-state index contributed by atoms with van der Waals surface area (Å²) in [6.07, 6.45) is -4.96. The smallest absolute Gasteiger partial charge is 0.420 e. The molecule has 1 aromatic carbocycles. The second kappa shape index (κ2) is 5.27. The molecule has 0 spiro atoms. The molecule has 0 aliphatic heterocycles. The van der Waals surface area contributed by atoms with Gasteiger partial charge >= 0.3 is 6.18 Å². The van der Waals surface area contributed by atoms with E-state index in [1.165, 1.54) is 19.2 Å². The van der Waals surface area contributed by atoms with Gasteiger partial charge < -0.3 is 15.2 Å². The van der Waals surface area contributed by atoms with Gasteiger partial charge in [0.2, 0.25) is 0 Å². The summed E-state index contributed by atoms with van der Waals surface area (Å²) in [5.74, 6) is -0.240. The molecule has 96 valence electrons. The largest absolute Gasteiger partial charge is 0.488 e. The fourth-order valence-electron chi connectivity index (χ4n) is 1.36. The predicted octanol–water partition coefficient (Wildman–Crippen LogP) is 2.70. The third-order valence-corrected chi connectivity index (χ3v) is 2.04. The lowest BCUT2D eigenvalue weighted by atomic mass is 10.1. The van der Waals surface area contributed by atoms with Crippen molar-refractivity contribution in [1.82, 2.24) is 0 Å². The van der Waals surface area contributed by atoms with Gasteiger partial charge in [-0.1, -0.05) is 0 Å². The molecule has 0 aliphatic rings. The zero-order valence-electron chi connectivity index (χ0n) is 9.54. The van der Waals surface area contributed by atoms with Crippen molar-refractivity contribution < 1.29 is 22.6 Å². The average Bonchev–Trinajstić information content (AvgIpc) is 2.19. The maximum atomic E-state index is 12.7. The third kappa shape index (κ3) is 3.81. The van der Waals surface area contributed by atoms with Crippen molar-refractivity contribution >= 4 is 5.69 Å². The van der Waals surface area contributed by atoms with Crippen molar-refractivity contribution in [2.24, 2.45) is 0 Å². The minimum Gasteiger partial charge on any atom is -0.488 e. The van der Waals surface area contributed by atoms with Crippen molar-refractivity contribution in [3.05, 3.63) is 23.8 Å². The van der Waals surface area contributed by atoms with E-state index in [0.29, 0.717) is 0 Å². The fraction of sp³-hybridized carbons (Fsp3) is 0.455. The van der Waals surface area contributed by atoms with Crippen molar-refractivity contribution in [1.29, 1.82) is 0 Å². The van der Waals surface area contributed by atoms with Crippen LogP contribution >= 0.6 is 0 Å². The van der Waals surface area contributed by atoms with Gasteiger partial charge in [0.05, 0.1) is 12.2 Å². The van der Waals surface area contributed by atoms with Crippen LogP contribution in [0.4, 0.5) is 18.9 Å². The summed E-state index contributed by atoms with van der Waals surface area (Å²) in [4.78, 5) is 0. The van der Waals surface area contributed by atoms with Crippen LogP contribution in [0.15, 0.2) is 18.2 Å². The molecule has 6 heteroatoms. The molecular weight excluding hydrogens is 235 g/mol. The Morgan fingerprint density at radius 1 is 1.35 bits per heavy atom. The molecule has 0 aromatic heterocycles. The number of halogens is 3. The van der Waals surface area contributed by atoms with Crippen molar-refractivity contribution in [2.75, 3.05) is 19.5 Å². The van der Waals surface area contributed by atoms with E-state index in [-0.39, 0.29) is 18.0 Å². The minimum atomic E-state index is -4.49. The van der Waals surface area contributed by atoms with Gasteiger partial charge in [-0.3, -0.25) is 0 Å². The molecule has 0 radical (unpaired) electrons. The first kappa shape index (κ1) is 13.6. The molecule has 17 heavy (non-hydrogen) atoms. The summed E-state index contributed by atoms with van der Waals surface area (Å²) in [6, 6.07) is 3.43. The first-order valence-electron chi connectivity index (χ1n) is 4.97. The summed E-state index contributed by atoms with van der Waals surface area (Å²) in [7, 11) is 1.45. The number of nitrogen functional groups attached to an aromatic ring is 1. The average molecular weight is 249 g/mol. The maximum absolute atomic E-state index is 12.7. The molecule has 1 aromatic rings. The van der Waals surface area contributed by atoms with Crippen LogP contribution in [-0.2, 0) is 10.9 Å². The first-order chi connectivity index (χ1) is 7.84. The van der Waals surface area contributed by atoms with E-state index >= 15 is 0 Å². The molecule has 0 fully saturated rings. The van der Waals surface area contributed by atoms with Gasteiger partial charge in [0.15, 0.2) is 0 Å². The van der Waals surface area contributed by atoms with E-state index in [1.807, 2.05) is 0 Å². The molecule has 0 bridgehead atoms. The van der Waals surface area contributed by atoms with E-state index in [9.17, 15) is 13.2 Å². The molecule has 1 rings (SSSR count). The highest BCUT2D eigenvalue weighted by Gasteiger charge is 2.34. The number of ether oxygens (including phenoxy) is 2. The predicted molar refractivity (Wildman–Crippen MR) is 57.8 cm³/mol. The number of rotatable bonds is 4. The zero-order valence-corrected chi connectivity index (χ0v) is 9.54. The van der Waals surface area contributed by atoms with E-state index in [2.05, 4.69) is 0 Å². The Hall–Kier alpha value is -1.43. The number of benzene rings is 1. The van der Waals surface area contributed by atoms with E-state index < -0.39 is 17.8 Å². The molecule has 3 nitrogen and oxygen atoms in total. The molecule has 0 amide bonds. The summed E-state index contributed by atoms with van der Waals surface area (Å²) >= 11 is 0. The summed E-state index contributed by atoms with van der Waals surface area (Å²) in [5.41, 5.74) is 4.50. The van der Waals surface area contributed by atoms with Crippen LogP contribution in [0.3, 0.4) is 0 Å². The molecule has 0 heterocycles. The highest BCUT2D eigenvalue weighted by atomic mass is 19.4. The molecular formula is C11H14F3NO2. The van der Waals surface area contributed by atoms with Crippen LogP contribution in [0.25, 0.3) is 0 Å². The van der Waals surface area contributed by atoms with Crippen LogP contribution in [-0.4, -0.2) is 19.8 Å². The quantitative estimate of drug-likeness (QED) is 0.834. The Labute approximate surface area is 97.3 Å². The standard InChI is InChI=1S/C11H14F3NO2/c1-7(6-16-2)17-10-4-3-8(15)5-9(10)11(12,13)14/h3-5,7H,6,15H2,1-2H3/t7-/m0/s1. The third-order valence-electron chi connectivity index (χ3n) is 2.04. The Bertz CT molecular complexity index is 379. The highest BCUT2D eigenvalue weighted by Crippen LogP contribution is 2.37. The van der Waals surface area contributed by atoms with E-state index in [0.717, 1.165) is 6.07 Å². The number of nitrogens with two attached hydrogens (primary N) is 1. The Kier molecular flexibility index (Phi) is 4.22. The number of methoxy groups -OCH3 is 1. The van der Waals surface area contributed by atoms with Crippen LogP contribution in [0.2, 0.25) is 0 Å². The Morgan fingerprint density at radius 3 is 2.53 bits per heavy atom. The van der Waals surface area contributed by atoms with Gasteiger partial charge in [-0.25, -0.2) is 0 Å². The Morgan fingerprint density at radius 2 is 2.00 bits per heavy atom. The first-order valence-corrected chi connectivity index (χ1v) is 4.97. The monoisotopic (exact) mass is 249 g/mol. The van der Waals surface area contributed by atoms with Crippen molar-refractivity contribution in [3.63, 3.8) is 0 Å². The van der Waals surface area contributed by atoms with Crippen LogP contribution in [0.5, 0.6) is 5.75 Å². The summed E-state index contributed by atoms with van der Waals surface area (Å²) in [5, 5.41) is 0. The SMILES string of the molecule is COC[C@H](C)Oc1ccc(N)cc1C(F)(F)F. The number of alkyl halides is 3. The lowest BCUT2D eigenvalue weighted by Crippen LogP contribution is -2.20. The van der Waals surface area contributed by atoms with Gasteiger partial charge in [0, 0.05) is 12.8 Å². The van der Waals surface area contributed by atoms with Crippen molar-refractivity contribution in [2.45, 2.75) is 19.2 Å². The van der Waals surface area contributed by atoms with Gasteiger partial charge in [0.25, 0.3) is 0 Å². The van der Waals surface area contributed by atoms with E-state index in [1.54, 1.807) is 6.92 Å². The van der Waals surface area contributed by atoms with Crippen LogP contribution in [0, 0.1) is 0 Å².